The van der Waals surface area contributed by atoms with Crippen LogP contribution in [0.4, 0.5) is 5.82 Å². The van der Waals surface area contributed by atoms with Gasteiger partial charge in [-0.1, -0.05) is 11.6 Å². The van der Waals surface area contributed by atoms with Gasteiger partial charge in [-0.2, -0.15) is 0 Å². The summed E-state index contributed by atoms with van der Waals surface area (Å²) in [7, 11) is 0. The van der Waals surface area contributed by atoms with Crippen molar-refractivity contribution in [3.63, 3.8) is 0 Å². The summed E-state index contributed by atoms with van der Waals surface area (Å²) in [6, 6.07) is 0. The number of nitrogens with zero attached hydrogens (tertiary/aromatic N) is 2. The molecule has 0 saturated carbocycles. The Morgan fingerprint density at radius 1 is 1.38 bits per heavy atom. The van der Waals surface area contributed by atoms with Crippen LogP contribution in [0.15, 0.2) is 6.33 Å². The zero-order valence-electron chi connectivity index (χ0n) is 9.59. The third-order valence-corrected chi connectivity index (χ3v) is 3.42. The van der Waals surface area contributed by atoms with Gasteiger partial charge in [0.05, 0.1) is 0 Å². The Kier molecular flexibility index (Phi) is 3.30. The van der Waals surface area contributed by atoms with Crippen molar-refractivity contribution in [2.75, 3.05) is 18.5 Å². The van der Waals surface area contributed by atoms with Crippen LogP contribution in [0.1, 0.15) is 25.3 Å². The molecule has 1 N–H and O–H groups in total. The molecule has 5 heteroatoms. The first kappa shape index (κ1) is 11.6. The van der Waals surface area contributed by atoms with Gasteiger partial charge in [-0.3, -0.25) is 0 Å². The second-order valence-corrected chi connectivity index (χ2v) is 4.79. The van der Waals surface area contributed by atoms with E-state index in [9.17, 15) is 0 Å². The van der Waals surface area contributed by atoms with E-state index in [2.05, 4.69) is 22.2 Å². The maximum absolute atomic E-state index is 5.96. The fourth-order valence-corrected chi connectivity index (χ4v) is 1.92. The molecule has 16 heavy (non-hydrogen) atoms. The lowest BCUT2D eigenvalue weighted by Crippen LogP contribution is -2.41. The lowest BCUT2D eigenvalue weighted by Gasteiger charge is -2.35. The van der Waals surface area contributed by atoms with E-state index in [0.29, 0.717) is 5.15 Å². The molecule has 0 aromatic carbocycles. The van der Waals surface area contributed by atoms with E-state index in [-0.39, 0.29) is 5.54 Å². The molecule has 88 valence electrons. The highest BCUT2D eigenvalue weighted by molar-refractivity contribution is 6.30. The van der Waals surface area contributed by atoms with Gasteiger partial charge in [0, 0.05) is 24.3 Å². The van der Waals surface area contributed by atoms with Crippen molar-refractivity contribution in [1.82, 2.24) is 9.97 Å². The highest BCUT2D eigenvalue weighted by atomic mass is 35.5. The van der Waals surface area contributed by atoms with Gasteiger partial charge >= 0.3 is 0 Å². The highest BCUT2D eigenvalue weighted by Gasteiger charge is 2.28. The largest absolute Gasteiger partial charge is 0.381 e. The SMILES string of the molecule is Cc1c(Cl)ncnc1NC1(C)CCOCC1. The lowest BCUT2D eigenvalue weighted by molar-refractivity contribution is 0.0657. The van der Waals surface area contributed by atoms with Gasteiger partial charge in [0.25, 0.3) is 0 Å². The first-order valence-corrected chi connectivity index (χ1v) is 5.82. The normalized spacial score (nSPS) is 19.4. The van der Waals surface area contributed by atoms with Gasteiger partial charge in [0.1, 0.15) is 17.3 Å². The third-order valence-electron chi connectivity index (χ3n) is 3.04. The average molecular weight is 242 g/mol. The Morgan fingerprint density at radius 2 is 2.06 bits per heavy atom. The van der Waals surface area contributed by atoms with Crippen LogP contribution < -0.4 is 5.32 Å². The van der Waals surface area contributed by atoms with Crippen molar-refractivity contribution >= 4 is 17.4 Å². The van der Waals surface area contributed by atoms with E-state index in [1.54, 1.807) is 0 Å². The zero-order valence-corrected chi connectivity index (χ0v) is 10.3. The third kappa shape index (κ3) is 2.44. The van der Waals surface area contributed by atoms with E-state index < -0.39 is 0 Å². The van der Waals surface area contributed by atoms with Gasteiger partial charge in [-0.15, -0.1) is 0 Å². The zero-order chi connectivity index (χ0) is 11.6. The molecule has 0 radical (unpaired) electrons. The van der Waals surface area contributed by atoms with E-state index in [1.165, 1.54) is 6.33 Å². The van der Waals surface area contributed by atoms with Crippen LogP contribution in [-0.2, 0) is 4.74 Å². The minimum atomic E-state index is 0.0424. The van der Waals surface area contributed by atoms with Crippen molar-refractivity contribution in [3.05, 3.63) is 17.0 Å². The molecule has 0 bridgehead atoms. The Morgan fingerprint density at radius 3 is 2.75 bits per heavy atom. The maximum atomic E-state index is 5.96. The van der Waals surface area contributed by atoms with E-state index in [4.69, 9.17) is 16.3 Å². The Labute approximate surface area is 100 Å². The second-order valence-electron chi connectivity index (χ2n) is 4.44. The molecule has 1 saturated heterocycles. The molecular weight excluding hydrogens is 226 g/mol. The summed E-state index contributed by atoms with van der Waals surface area (Å²) < 4.78 is 5.36. The number of aromatic nitrogens is 2. The molecule has 1 aromatic rings. The van der Waals surface area contributed by atoms with Crippen molar-refractivity contribution in [1.29, 1.82) is 0 Å². The summed E-state index contributed by atoms with van der Waals surface area (Å²) in [4.78, 5) is 8.18. The minimum Gasteiger partial charge on any atom is -0.381 e. The first-order valence-electron chi connectivity index (χ1n) is 5.44. The molecule has 1 aromatic heterocycles. The van der Waals surface area contributed by atoms with Crippen molar-refractivity contribution in [2.45, 2.75) is 32.2 Å². The standard InChI is InChI=1S/C11H16ClN3O/c1-8-9(12)13-7-14-10(8)15-11(2)3-5-16-6-4-11/h7H,3-6H2,1-2H3,(H,13,14,15). The predicted octanol–water partition coefficient (Wildman–Crippen LogP) is 2.42. The Hall–Kier alpha value is -0.870. The van der Waals surface area contributed by atoms with E-state index in [0.717, 1.165) is 37.4 Å². The van der Waals surface area contributed by atoms with E-state index >= 15 is 0 Å². The number of hydrogen-bond donors (Lipinski definition) is 1. The molecule has 0 unspecified atom stereocenters. The predicted molar refractivity (Wildman–Crippen MR) is 63.9 cm³/mol. The molecule has 2 rings (SSSR count). The lowest BCUT2D eigenvalue weighted by atomic mass is 9.92. The summed E-state index contributed by atoms with van der Waals surface area (Å²) in [6.07, 6.45) is 3.45. The Balaban J connectivity index is 2.16. The fourth-order valence-electron chi connectivity index (χ4n) is 1.79. The number of ether oxygens (including phenoxy) is 1. The van der Waals surface area contributed by atoms with Crippen LogP contribution in [-0.4, -0.2) is 28.7 Å². The maximum Gasteiger partial charge on any atom is 0.137 e. The van der Waals surface area contributed by atoms with Gasteiger partial charge in [0.15, 0.2) is 0 Å². The van der Waals surface area contributed by atoms with E-state index in [1.807, 2.05) is 6.92 Å². The summed E-state index contributed by atoms with van der Waals surface area (Å²) in [5.74, 6) is 0.824. The summed E-state index contributed by atoms with van der Waals surface area (Å²) in [5.41, 5.74) is 0.942. The topological polar surface area (TPSA) is 47.0 Å². The molecule has 1 aliphatic heterocycles. The van der Waals surface area contributed by atoms with Gasteiger partial charge in [-0.25, -0.2) is 9.97 Å². The van der Waals surface area contributed by atoms with Crippen molar-refractivity contribution in [2.24, 2.45) is 0 Å². The van der Waals surface area contributed by atoms with Crippen LogP contribution in [0.5, 0.6) is 0 Å². The van der Waals surface area contributed by atoms with Crippen LogP contribution in [0.3, 0.4) is 0 Å². The minimum absolute atomic E-state index is 0.0424. The number of nitrogens with one attached hydrogen (secondary N) is 1. The van der Waals surface area contributed by atoms with Crippen LogP contribution in [0.2, 0.25) is 5.15 Å². The number of halogens is 1. The molecule has 0 amide bonds. The molecule has 0 aliphatic carbocycles. The molecule has 1 fully saturated rings. The first-order chi connectivity index (χ1) is 7.61. The van der Waals surface area contributed by atoms with Crippen molar-refractivity contribution < 1.29 is 4.74 Å². The van der Waals surface area contributed by atoms with Crippen LogP contribution in [0.25, 0.3) is 0 Å². The molecule has 4 nitrogen and oxygen atoms in total. The number of rotatable bonds is 2. The number of anilines is 1. The monoisotopic (exact) mass is 241 g/mol. The van der Waals surface area contributed by atoms with Crippen LogP contribution in [0, 0.1) is 6.92 Å². The quantitative estimate of drug-likeness (QED) is 0.808. The molecule has 1 aliphatic rings. The van der Waals surface area contributed by atoms with Gasteiger partial charge in [0.2, 0.25) is 0 Å². The molecule has 2 heterocycles. The van der Waals surface area contributed by atoms with Crippen molar-refractivity contribution in [3.8, 4) is 0 Å². The second kappa shape index (κ2) is 4.55. The van der Waals surface area contributed by atoms with Gasteiger partial charge in [-0.05, 0) is 26.7 Å². The summed E-state index contributed by atoms with van der Waals surface area (Å²) in [6.45, 7) is 5.70. The molecule has 0 spiro atoms. The smallest absolute Gasteiger partial charge is 0.137 e. The highest BCUT2D eigenvalue weighted by Crippen LogP contribution is 2.27. The van der Waals surface area contributed by atoms with Crippen LogP contribution >= 0.6 is 11.6 Å². The summed E-state index contributed by atoms with van der Waals surface area (Å²) >= 11 is 5.96. The summed E-state index contributed by atoms with van der Waals surface area (Å²) in [5, 5.41) is 3.96. The molecular formula is C11H16ClN3O. The Bertz CT molecular complexity index is 377. The number of hydrogen-bond acceptors (Lipinski definition) is 4. The fraction of sp³-hybridized carbons (Fsp3) is 0.636. The average Bonchev–Trinajstić information content (AvgIpc) is 2.26. The van der Waals surface area contributed by atoms with Gasteiger partial charge < -0.3 is 10.1 Å². The molecule has 0 atom stereocenters.